The standard InChI is InChI=1S/C14H17BrN2S/c1-10(16)11-5-6-14(13(15)8-11)17(2)9-12-4-3-7-18-12/h3-8,10H,9,16H2,1-2H3. The van der Waals surface area contributed by atoms with Gasteiger partial charge in [0.1, 0.15) is 0 Å². The summed E-state index contributed by atoms with van der Waals surface area (Å²) < 4.78 is 1.09. The molecule has 1 atom stereocenters. The molecule has 1 unspecified atom stereocenters. The second-order valence-electron chi connectivity index (χ2n) is 4.43. The molecule has 0 bridgehead atoms. The van der Waals surface area contributed by atoms with Crippen LogP contribution < -0.4 is 10.6 Å². The van der Waals surface area contributed by atoms with Crippen molar-refractivity contribution in [1.82, 2.24) is 0 Å². The minimum atomic E-state index is 0.0675. The number of hydrogen-bond donors (Lipinski definition) is 1. The lowest BCUT2D eigenvalue weighted by molar-refractivity contribution is 0.816. The van der Waals surface area contributed by atoms with Crippen LogP contribution in [0, 0.1) is 0 Å². The molecule has 1 aromatic heterocycles. The molecule has 18 heavy (non-hydrogen) atoms. The molecule has 1 heterocycles. The van der Waals surface area contributed by atoms with Crippen LogP contribution in [-0.4, -0.2) is 7.05 Å². The van der Waals surface area contributed by atoms with E-state index in [9.17, 15) is 0 Å². The number of benzene rings is 1. The minimum Gasteiger partial charge on any atom is -0.369 e. The predicted octanol–water partition coefficient (Wildman–Crippen LogP) is 4.17. The van der Waals surface area contributed by atoms with Crippen molar-refractivity contribution in [3.05, 3.63) is 50.6 Å². The van der Waals surface area contributed by atoms with Gasteiger partial charge in [0.15, 0.2) is 0 Å². The van der Waals surface area contributed by atoms with Gasteiger partial charge in [-0.05, 0) is 52.0 Å². The number of hydrogen-bond acceptors (Lipinski definition) is 3. The Morgan fingerprint density at radius 2 is 2.17 bits per heavy atom. The first kappa shape index (κ1) is 13.6. The van der Waals surface area contributed by atoms with E-state index in [1.165, 1.54) is 10.6 Å². The fourth-order valence-electron chi connectivity index (χ4n) is 1.84. The summed E-state index contributed by atoms with van der Waals surface area (Å²) in [6.45, 7) is 2.92. The number of thiophene rings is 1. The Labute approximate surface area is 121 Å². The summed E-state index contributed by atoms with van der Waals surface area (Å²) in [4.78, 5) is 3.60. The molecule has 0 aliphatic rings. The minimum absolute atomic E-state index is 0.0675. The molecular weight excluding hydrogens is 308 g/mol. The van der Waals surface area contributed by atoms with E-state index >= 15 is 0 Å². The molecule has 0 radical (unpaired) electrons. The number of anilines is 1. The average molecular weight is 325 g/mol. The smallest absolute Gasteiger partial charge is 0.0519 e. The van der Waals surface area contributed by atoms with Crippen molar-refractivity contribution in [3.8, 4) is 0 Å². The fraction of sp³-hybridized carbons (Fsp3) is 0.286. The molecule has 0 saturated carbocycles. The van der Waals surface area contributed by atoms with Crippen LogP contribution in [0.2, 0.25) is 0 Å². The Bertz CT molecular complexity index is 509. The topological polar surface area (TPSA) is 29.3 Å². The Morgan fingerprint density at radius 3 is 2.72 bits per heavy atom. The van der Waals surface area contributed by atoms with Gasteiger partial charge in [0, 0.05) is 22.4 Å². The normalized spacial score (nSPS) is 12.4. The maximum Gasteiger partial charge on any atom is 0.0519 e. The molecule has 0 aliphatic carbocycles. The van der Waals surface area contributed by atoms with Gasteiger partial charge in [-0.2, -0.15) is 0 Å². The molecule has 1 aromatic carbocycles. The highest BCUT2D eigenvalue weighted by molar-refractivity contribution is 9.10. The van der Waals surface area contributed by atoms with E-state index in [-0.39, 0.29) is 6.04 Å². The average Bonchev–Trinajstić information content (AvgIpc) is 2.81. The van der Waals surface area contributed by atoms with Crippen molar-refractivity contribution >= 4 is 33.0 Å². The largest absolute Gasteiger partial charge is 0.369 e. The van der Waals surface area contributed by atoms with E-state index in [4.69, 9.17) is 5.73 Å². The van der Waals surface area contributed by atoms with Crippen LogP contribution >= 0.6 is 27.3 Å². The highest BCUT2D eigenvalue weighted by Crippen LogP contribution is 2.29. The highest BCUT2D eigenvalue weighted by Gasteiger charge is 2.09. The number of nitrogens with two attached hydrogens (primary N) is 1. The summed E-state index contributed by atoms with van der Waals surface area (Å²) in [5, 5.41) is 2.11. The van der Waals surface area contributed by atoms with Crippen molar-refractivity contribution in [1.29, 1.82) is 0 Å². The Hall–Kier alpha value is -0.840. The predicted molar refractivity (Wildman–Crippen MR) is 83.2 cm³/mol. The van der Waals surface area contributed by atoms with Gasteiger partial charge < -0.3 is 10.6 Å². The Morgan fingerprint density at radius 1 is 1.39 bits per heavy atom. The van der Waals surface area contributed by atoms with Gasteiger partial charge in [-0.25, -0.2) is 0 Å². The summed E-state index contributed by atoms with van der Waals surface area (Å²) >= 11 is 5.41. The van der Waals surface area contributed by atoms with Gasteiger partial charge in [-0.1, -0.05) is 12.1 Å². The molecule has 2 rings (SSSR count). The van der Waals surface area contributed by atoms with Crippen LogP contribution in [-0.2, 0) is 6.54 Å². The quantitative estimate of drug-likeness (QED) is 0.914. The van der Waals surface area contributed by atoms with Gasteiger partial charge in [-0.3, -0.25) is 0 Å². The third-order valence-electron chi connectivity index (χ3n) is 2.88. The van der Waals surface area contributed by atoms with Crippen LogP contribution in [0.3, 0.4) is 0 Å². The van der Waals surface area contributed by atoms with Crippen molar-refractivity contribution in [2.45, 2.75) is 19.5 Å². The van der Waals surface area contributed by atoms with Crippen LogP contribution in [0.4, 0.5) is 5.69 Å². The molecule has 0 spiro atoms. The number of halogens is 1. The van der Waals surface area contributed by atoms with Gasteiger partial charge in [0.05, 0.1) is 12.2 Å². The van der Waals surface area contributed by atoms with Crippen molar-refractivity contribution in [2.24, 2.45) is 5.73 Å². The zero-order valence-corrected chi connectivity index (χ0v) is 13.0. The van der Waals surface area contributed by atoms with Gasteiger partial charge >= 0.3 is 0 Å². The lowest BCUT2D eigenvalue weighted by Gasteiger charge is -2.21. The van der Waals surface area contributed by atoms with Gasteiger partial charge in [0.25, 0.3) is 0 Å². The SMILES string of the molecule is CC(N)c1ccc(N(C)Cc2cccs2)c(Br)c1. The number of rotatable bonds is 4. The van der Waals surface area contributed by atoms with E-state index in [0.29, 0.717) is 0 Å². The first-order chi connectivity index (χ1) is 8.58. The molecule has 0 fully saturated rings. The highest BCUT2D eigenvalue weighted by atomic mass is 79.9. The summed E-state index contributed by atoms with van der Waals surface area (Å²) in [5.74, 6) is 0. The molecule has 0 aliphatic heterocycles. The summed E-state index contributed by atoms with van der Waals surface area (Å²) in [6, 6.07) is 10.6. The lowest BCUT2D eigenvalue weighted by atomic mass is 10.1. The van der Waals surface area contributed by atoms with Gasteiger partial charge in [0.2, 0.25) is 0 Å². The van der Waals surface area contributed by atoms with Gasteiger partial charge in [-0.15, -0.1) is 11.3 Å². The summed E-state index contributed by atoms with van der Waals surface area (Å²) in [5.41, 5.74) is 8.22. The van der Waals surface area contributed by atoms with E-state index < -0.39 is 0 Å². The fourth-order valence-corrected chi connectivity index (χ4v) is 3.29. The third-order valence-corrected chi connectivity index (χ3v) is 4.38. The molecular formula is C14H17BrN2S. The van der Waals surface area contributed by atoms with E-state index in [1.807, 2.05) is 6.92 Å². The molecule has 0 saturated heterocycles. The van der Waals surface area contributed by atoms with Crippen molar-refractivity contribution in [2.75, 3.05) is 11.9 Å². The molecule has 2 nitrogen and oxygen atoms in total. The molecule has 4 heteroatoms. The maximum atomic E-state index is 5.89. The molecule has 0 amide bonds. The van der Waals surface area contributed by atoms with Crippen LogP contribution in [0.25, 0.3) is 0 Å². The summed E-state index contributed by atoms with van der Waals surface area (Å²) in [6.07, 6.45) is 0. The second-order valence-corrected chi connectivity index (χ2v) is 6.32. The Kier molecular flexibility index (Phi) is 4.43. The van der Waals surface area contributed by atoms with Crippen LogP contribution in [0.5, 0.6) is 0 Å². The zero-order chi connectivity index (χ0) is 13.1. The first-order valence-electron chi connectivity index (χ1n) is 5.86. The second kappa shape index (κ2) is 5.87. The number of nitrogens with zero attached hydrogens (tertiary/aromatic N) is 1. The van der Waals surface area contributed by atoms with E-state index in [0.717, 1.165) is 16.6 Å². The summed E-state index contributed by atoms with van der Waals surface area (Å²) in [7, 11) is 2.10. The van der Waals surface area contributed by atoms with Crippen LogP contribution in [0.15, 0.2) is 40.2 Å². The monoisotopic (exact) mass is 324 g/mol. The first-order valence-corrected chi connectivity index (χ1v) is 7.53. The van der Waals surface area contributed by atoms with E-state index in [2.05, 4.69) is 63.6 Å². The third kappa shape index (κ3) is 3.13. The molecule has 2 N–H and O–H groups in total. The molecule has 2 aromatic rings. The Balaban J connectivity index is 2.17. The van der Waals surface area contributed by atoms with Crippen LogP contribution in [0.1, 0.15) is 23.4 Å². The van der Waals surface area contributed by atoms with Crippen molar-refractivity contribution < 1.29 is 0 Å². The lowest BCUT2D eigenvalue weighted by Crippen LogP contribution is -2.16. The van der Waals surface area contributed by atoms with Crippen molar-refractivity contribution in [3.63, 3.8) is 0 Å². The molecule has 96 valence electrons. The maximum absolute atomic E-state index is 5.89. The zero-order valence-electron chi connectivity index (χ0n) is 10.6. The van der Waals surface area contributed by atoms with E-state index in [1.54, 1.807) is 11.3 Å².